The molecule has 0 saturated carbocycles. The molecule has 0 aliphatic heterocycles. The number of aromatic nitrogens is 2. The number of benzene rings is 2. The van der Waals surface area contributed by atoms with Crippen molar-refractivity contribution in [1.82, 2.24) is 9.55 Å². The van der Waals surface area contributed by atoms with Crippen LogP contribution < -0.4 is 0 Å². The lowest BCUT2D eigenvalue weighted by Gasteiger charge is -2.25. The van der Waals surface area contributed by atoms with Crippen molar-refractivity contribution in [2.24, 2.45) is 0 Å². The van der Waals surface area contributed by atoms with Crippen molar-refractivity contribution in [1.29, 1.82) is 0 Å². The minimum absolute atomic E-state index is 0.0642. The number of hydrogen-bond acceptors (Lipinski definition) is 2. The smallest absolute Gasteiger partial charge is 0.170 e. The van der Waals surface area contributed by atoms with E-state index < -0.39 is 17.5 Å². The number of imidazole rings is 1. The molecule has 7 heteroatoms. The van der Waals surface area contributed by atoms with Gasteiger partial charge in [-0.3, -0.25) is 4.57 Å². The second kappa shape index (κ2) is 6.91. The topological polar surface area (TPSA) is 17.8 Å². The third-order valence-electron chi connectivity index (χ3n) is 5.02. The molecule has 0 bridgehead atoms. The molecule has 3 aromatic rings. The largest absolute Gasteiger partial charge is 0.288 e. The molecule has 140 valence electrons. The summed E-state index contributed by atoms with van der Waals surface area (Å²) in [5.74, 6) is -3.27. The molecule has 1 aromatic heterocycles. The molecule has 0 amide bonds. The monoisotopic (exact) mass is 408 g/mol. The standard InChI is InChI=1S/C20H16ClF3N2S/c1-10-7-11(5-6-13(10)21)12-3-2-4-17-19(12)26(20(27)25-17)18-9-15(23)14(22)8-16(18)24/h5-9,12H,2-4H2,1H3,(H,25,27). The van der Waals surface area contributed by atoms with Crippen molar-refractivity contribution in [2.45, 2.75) is 37.3 Å². The second-order valence-corrected chi connectivity index (χ2v) is 7.56. The van der Waals surface area contributed by atoms with Crippen molar-refractivity contribution >= 4 is 24.2 Å². The van der Waals surface area contributed by atoms with E-state index in [1.165, 1.54) is 4.57 Å². The third kappa shape index (κ3) is 3.15. The summed E-state index contributed by atoms with van der Waals surface area (Å²) < 4.78 is 43.2. The number of hydrogen-bond donors (Lipinski definition) is 1. The maximum absolute atomic E-state index is 14.5. The normalized spacial score (nSPS) is 16.4. The maximum atomic E-state index is 14.5. The highest BCUT2D eigenvalue weighted by atomic mass is 35.5. The predicted molar refractivity (Wildman–Crippen MR) is 102 cm³/mol. The van der Waals surface area contributed by atoms with Gasteiger partial charge in [-0.1, -0.05) is 23.7 Å². The third-order valence-corrected chi connectivity index (χ3v) is 5.75. The Morgan fingerprint density at radius 1 is 1.11 bits per heavy atom. The molecular formula is C20H16ClF3N2S. The van der Waals surface area contributed by atoms with Crippen LogP contribution in [0.3, 0.4) is 0 Å². The molecule has 1 heterocycles. The van der Waals surface area contributed by atoms with Gasteiger partial charge in [0.15, 0.2) is 16.8 Å². The van der Waals surface area contributed by atoms with Gasteiger partial charge in [0.05, 0.1) is 17.1 Å². The summed E-state index contributed by atoms with van der Waals surface area (Å²) in [6.45, 7) is 1.92. The first kappa shape index (κ1) is 18.4. The average molecular weight is 409 g/mol. The van der Waals surface area contributed by atoms with Gasteiger partial charge in [0, 0.05) is 23.1 Å². The van der Waals surface area contributed by atoms with Crippen molar-refractivity contribution in [3.63, 3.8) is 0 Å². The first-order chi connectivity index (χ1) is 12.9. The Bertz CT molecular complexity index is 1050. The quantitative estimate of drug-likeness (QED) is 0.406. The highest BCUT2D eigenvalue weighted by Gasteiger charge is 2.30. The Morgan fingerprint density at radius 3 is 2.59 bits per heavy atom. The first-order valence-electron chi connectivity index (χ1n) is 8.58. The molecule has 1 aliphatic carbocycles. The van der Waals surface area contributed by atoms with Crippen LogP contribution in [0.1, 0.15) is 41.3 Å². The van der Waals surface area contributed by atoms with Gasteiger partial charge in [-0.2, -0.15) is 0 Å². The molecule has 0 saturated heterocycles. The molecular weight excluding hydrogens is 393 g/mol. The van der Waals surface area contributed by atoms with E-state index in [1.807, 2.05) is 25.1 Å². The summed E-state index contributed by atoms with van der Waals surface area (Å²) in [5, 5.41) is 0.923. The fraction of sp³-hybridized carbons (Fsp3) is 0.250. The summed E-state index contributed by atoms with van der Waals surface area (Å²) in [7, 11) is 0. The zero-order chi connectivity index (χ0) is 19.3. The van der Waals surface area contributed by atoms with Gasteiger partial charge in [-0.15, -0.1) is 12.6 Å². The Labute approximate surface area is 165 Å². The number of thiol groups is 1. The number of aryl methyl sites for hydroxylation is 2. The number of halogens is 4. The number of rotatable bonds is 2. The van der Waals surface area contributed by atoms with Crippen LogP contribution in [0.15, 0.2) is 35.5 Å². The van der Waals surface area contributed by atoms with Crippen molar-refractivity contribution in [3.05, 3.63) is 75.3 Å². The fourth-order valence-corrected chi connectivity index (χ4v) is 4.20. The minimum Gasteiger partial charge on any atom is -0.288 e. The van der Waals surface area contributed by atoms with Crippen LogP contribution in [0.5, 0.6) is 0 Å². The number of fused-ring (bicyclic) bond motifs is 1. The molecule has 1 atom stereocenters. The van der Waals surface area contributed by atoms with E-state index in [-0.39, 0.29) is 16.8 Å². The molecule has 0 fully saturated rings. The van der Waals surface area contributed by atoms with Gasteiger partial charge in [-0.05, 0) is 43.4 Å². The van der Waals surface area contributed by atoms with Gasteiger partial charge in [0.25, 0.3) is 0 Å². The SMILES string of the molecule is Cc1cc(C2CCCc3nc(S)n(-c4cc(F)c(F)cc4F)c32)ccc1Cl. The van der Waals surface area contributed by atoms with E-state index in [0.717, 1.165) is 47.8 Å². The lowest BCUT2D eigenvalue weighted by molar-refractivity contribution is 0.490. The van der Waals surface area contributed by atoms with Crippen molar-refractivity contribution in [2.75, 3.05) is 0 Å². The Kier molecular flexibility index (Phi) is 4.72. The molecule has 0 radical (unpaired) electrons. The van der Waals surface area contributed by atoms with Gasteiger partial charge in [0.2, 0.25) is 0 Å². The zero-order valence-corrected chi connectivity index (χ0v) is 16.1. The first-order valence-corrected chi connectivity index (χ1v) is 9.40. The van der Waals surface area contributed by atoms with Crippen molar-refractivity contribution in [3.8, 4) is 5.69 Å². The van der Waals surface area contributed by atoms with E-state index in [0.29, 0.717) is 11.1 Å². The fourth-order valence-electron chi connectivity index (χ4n) is 3.75. The molecule has 1 aliphatic rings. The van der Waals surface area contributed by atoms with E-state index >= 15 is 0 Å². The molecule has 27 heavy (non-hydrogen) atoms. The second-order valence-electron chi connectivity index (χ2n) is 6.75. The van der Waals surface area contributed by atoms with E-state index in [1.54, 1.807) is 0 Å². The van der Waals surface area contributed by atoms with Crippen LogP contribution in [0, 0.1) is 24.4 Å². The van der Waals surface area contributed by atoms with E-state index in [4.69, 9.17) is 11.6 Å². The van der Waals surface area contributed by atoms with Gasteiger partial charge in [-0.25, -0.2) is 18.2 Å². The van der Waals surface area contributed by atoms with E-state index in [2.05, 4.69) is 17.6 Å². The maximum Gasteiger partial charge on any atom is 0.170 e. The van der Waals surface area contributed by atoms with Crippen LogP contribution in [0.4, 0.5) is 13.2 Å². The van der Waals surface area contributed by atoms with Crippen LogP contribution in [0.2, 0.25) is 5.02 Å². The van der Waals surface area contributed by atoms with Crippen LogP contribution >= 0.6 is 24.2 Å². The lowest BCUT2D eigenvalue weighted by Crippen LogP contribution is -2.16. The molecule has 2 nitrogen and oxygen atoms in total. The average Bonchev–Trinajstić information content (AvgIpc) is 2.96. The number of nitrogens with zero attached hydrogens (tertiary/aromatic N) is 2. The van der Waals surface area contributed by atoms with Crippen LogP contribution in [-0.4, -0.2) is 9.55 Å². The Balaban J connectivity index is 1.93. The Morgan fingerprint density at radius 2 is 1.85 bits per heavy atom. The van der Waals surface area contributed by atoms with E-state index in [9.17, 15) is 13.2 Å². The summed E-state index contributed by atoms with van der Waals surface area (Å²) in [4.78, 5) is 4.45. The highest BCUT2D eigenvalue weighted by molar-refractivity contribution is 7.80. The molecule has 4 rings (SSSR count). The van der Waals surface area contributed by atoms with Crippen LogP contribution in [-0.2, 0) is 6.42 Å². The van der Waals surface area contributed by atoms with Crippen LogP contribution in [0.25, 0.3) is 5.69 Å². The van der Waals surface area contributed by atoms with Gasteiger partial charge in [0.1, 0.15) is 5.82 Å². The predicted octanol–water partition coefficient (Wildman–Crippen LogP) is 6.01. The molecule has 2 aromatic carbocycles. The summed E-state index contributed by atoms with van der Waals surface area (Å²) in [6, 6.07) is 7.17. The van der Waals surface area contributed by atoms with Crippen molar-refractivity contribution < 1.29 is 13.2 Å². The summed E-state index contributed by atoms with van der Waals surface area (Å²) in [6.07, 6.45) is 2.48. The lowest BCUT2D eigenvalue weighted by atomic mass is 9.83. The summed E-state index contributed by atoms with van der Waals surface area (Å²) >= 11 is 10.5. The van der Waals surface area contributed by atoms with Gasteiger partial charge >= 0.3 is 0 Å². The summed E-state index contributed by atoms with van der Waals surface area (Å²) in [5.41, 5.74) is 3.43. The highest BCUT2D eigenvalue weighted by Crippen LogP contribution is 2.40. The molecule has 0 N–H and O–H groups in total. The minimum atomic E-state index is -1.23. The zero-order valence-electron chi connectivity index (χ0n) is 14.4. The Hall–Kier alpha value is -1.92. The van der Waals surface area contributed by atoms with Gasteiger partial charge < -0.3 is 0 Å². The molecule has 0 spiro atoms. The molecule has 1 unspecified atom stereocenters.